The van der Waals surface area contributed by atoms with E-state index in [4.69, 9.17) is 17.2 Å². The van der Waals surface area contributed by atoms with E-state index in [0.717, 1.165) is 36.4 Å². The van der Waals surface area contributed by atoms with E-state index >= 15 is 0 Å². The summed E-state index contributed by atoms with van der Waals surface area (Å²) in [4.78, 5) is -4.18. The Morgan fingerprint density at radius 2 is 0.985 bits per heavy atom. The molecule has 0 spiro atoms. The number of nitrogens with two attached hydrogens (primary N) is 3. The molecule has 0 saturated carbocycles. The summed E-state index contributed by atoms with van der Waals surface area (Å²) in [5.41, 5.74) is 14.5. The summed E-state index contributed by atoms with van der Waals surface area (Å²) < 4.78 is 146. The molecule has 66 heavy (non-hydrogen) atoms. The van der Waals surface area contributed by atoms with Gasteiger partial charge in [0.15, 0.2) is 0 Å². The van der Waals surface area contributed by atoms with Gasteiger partial charge in [0.2, 0.25) is 0 Å². The van der Waals surface area contributed by atoms with Crippen molar-refractivity contribution in [2.45, 2.75) is 19.6 Å². The van der Waals surface area contributed by atoms with Gasteiger partial charge >= 0.3 is 118 Å². The second-order valence-electron chi connectivity index (χ2n) is 12.7. The maximum atomic E-state index is 13.6. The summed E-state index contributed by atoms with van der Waals surface area (Å²) >= 11 is 0. The largest absolute Gasteiger partial charge is 1.00 e. The number of hydrogen-bond donors (Lipinski definition) is 4. The minimum absolute atomic E-state index is 0. The van der Waals surface area contributed by atoms with Crippen molar-refractivity contribution in [3.8, 4) is 5.75 Å². The Balaban J connectivity index is 0.00000374. The number of azo groups is 3. The Kier molecular flexibility index (Phi) is 21.0. The number of benzene rings is 6. The van der Waals surface area contributed by atoms with Crippen LogP contribution in [-0.4, -0.2) is 51.9 Å². The van der Waals surface area contributed by atoms with Crippen molar-refractivity contribution in [1.82, 2.24) is 0 Å². The van der Waals surface area contributed by atoms with Crippen LogP contribution in [0, 0.1) is 0 Å². The van der Waals surface area contributed by atoms with E-state index in [1.54, 1.807) is 18.2 Å². The fourth-order valence-electron chi connectivity index (χ4n) is 5.65. The molecule has 0 fully saturated rings. The van der Waals surface area contributed by atoms with Crippen molar-refractivity contribution < 1.29 is 175 Å². The van der Waals surface area contributed by atoms with Gasteiger partial charge in [-0.3, -0.25) is 4.55 Å². The van der Waals surface area contributed by atoms with Gasteiger partial charge in [-0.2, -0.15) is 23.8 Å². The van der Waals surface area contributed by atoms with Gasteiger partial charge in [0.1, 0.15) is 46.6 Å². The van der Waals surface area contributed by atoms with Crippen LogP contribution in [0.1, 0.15) is 11.1 Å². The van der Waals surface area contributed by atoms with Crippen molar-refractivity contribution in [2.75, 3.05) is 17.2 Å². The molecule has 0 amide bonds. The zero-order chi connectivity index (χ0) is 45.4. The van der Waals surface area contributed by atoms with E-state index in [9.17, 15) is 57.0 Å². The molecule has 0 aliphatic heterocycles. The minimum atomic E-state index is -5.48. The Morgan fingerprint density at radius 3 is 1.45 bits per heavy atom. The van der Waals surface area contributed by atoms with E-state index in [2.05, 4.69) is 30.7 Å². The van der Waals surface area contributed by atoms with Gasteiger partial charge in [0, 0.05) is 11.1 Å². The number of nitrogen functional groups attached to an aromatic ring is 3. The van der Waals surface area contributed by atoms with Crippen LogP contribution in [0.15, 0.2) is 147 Å². The van der Waals surface area contributed by atoms with Crippen LogP contribution in [0.3, 0.4) is 0 Å². The first-order valence-corrected chi connectivity index (χ1v) is 22.4. The van der Waals surface area contributed by atoms with E-state index < -0.39 is 99.3 Å². The molecule has 7 N–H and O–H groups in total. The third-order valence-corrected chi connectivity index (χ3v) is 12.0. The van der Waals surface area contributed by atoms with Crippen LogP contribution in [0.2, 0.25) is 0 Å². The molecular formula is C36H25N9Na4O13S4. The molecule has 0 atom stereocenters. The summed E-state index contributed by atoms with van der Waals surface area (Å²) in [6, 6.07) is 19.3. The van der Waals surface area contributed by atoms with Crippen molar-refractivity contribution in [2.24, 2.45) is 30.7 Å². The predicted octanol–water partition coefficient (Wildman–Crippen LogP) is -5.95. The zero-order valence-corrected chi connectivity index (χ0v) is 46.1. The van der Waals surface area contributed by atoms with Gasteiger partial charge in [-0.15, -0.1) is 15.3 Å². The second-order valence-corrected chi connectivity index (χ2v) is 18.1. The maximum absolute atomic E-state index is 13.6. The van der Waals surface area contributed by atoms with Crippen LogP contribution >= 0.6 is 0 Å². The quantitative estimate of drug-likeness (QED) is 0.0292. The Morgan fingerprint density at radius 1 is 0.500 bits per heavy atom. The van der Waals surface area contributed by atoms with Crippen molar-refractivity contribution in [1.29, 1.82) is 0 Å². The minimum Gasteiger partial charge on any atom is -0.871 e. The first-order chi connectivity index (χ1) is 28.9. The summed E-state index contributed by atoms with van der Waals surface area (Å²) in [5, 5.41) is 35.2. The van der Waals surface area contributed by atoms with Crippen LogP contribution in [0.5, 0.6) is 5.75 Å². The molecule has 0 aliphatic carbocycles. The van der Waals surface area contributed by atoms with Crippen molar-refractivity contribution in [3.05, 3.63) is 108 Å². The summed E-state index contributed by atoms with van der Waals surface area (Å²) in [6.07, 6.45) is 2.01. The zero-order valence-electron chi connectivity index (χ0n) is 34.8. The summed E-state index contributed by atoms with van der Waals surface area (Å²) in [5.74, 6) is -1.28. The van der Waals surface area contributed by atoms with E-state index in [1.807, 2.05) is 0 Å². The monoisotopic (exact) mass is 1010 g/mol. The molecule has 6 aromatic rings. The molecule has 0 bridgehead atoms. The van der Waals surface area contributed by atoms with E-state index in [-0.39, 0.29) is 152 Å². The van der Waals surface area contributed by atoms with Crippen molar-refractivity contribution >= 4 is 115 Å². The third kappa shape index (κ3) is 14.3. The van der Waals surface area contributed by atoms with Gasteiger partial charge in [-0.05, 0) is 83.2 Å². The van der Waals surface area contributed by atoms with Gasteiger partial charge in [-0.25, -0.2) is 25.3 Å². The first kappa shape index (κ1) is 59.1. The van der Waals surface area contributed by atoms with Gasteiger partial charge in [0.05, 0.1) is 48.8 Å². The smallest absolute Gasteiger partial charge is 0.871 e. The summed E-state index contributed by atoms with van der Waals surface area (Å²) in [6.45, 7) is 0. The number of hydrogen-bond acceptors (Lipinski definition) is 21. The number of fused-ring (bicyclic) bond motifs is 1. The molecule has 0 aromatic heterocycles. The second kappa shape index (κ2) is 23.5. The molecule has 0 aliphatic rings. The molecule has 0 radical (unpaired) electrons. The normalized spacial score (nSPS) is 12.2. The third-order valence-electron chi connectivity index (χ3n) is 8.43. The molecular weight excluding hydrogens is 987 g/mol. The van der Waals surface area contributed by atoms with Gasteiger partial charge in [-0.1, -0.05) is 48.2 Å². The molecule has 6 rings (SSSR count). The van der Waals surface area contributed by atoms with Crippen LogP contribution in [-0.2, 0) is 40.5 Å². The SMILES string of the molecule is Nc1ccc(N=Nc2ccc(/C=C/c3ccc(N=Nc4cc5c([O-])c(N=Nc6ccccc6)c(S(=O)(=O)[O-])cc5c(N)c4S(=O)(=O)O)cc3S(=O)(=O)[O-])c(S(=O)(=O)[O-])c2)c(N)c1.[Na+].[Na+].[Na+].[Na+]. The van der Waals surface area contributed by atoms with E-state index in [0.29, 0.717) is 23.9 Å². The fourth-order valence-corrected chi connectivity index (χ4v) is 8.41. The average Bonchev–Trinajstić information content (AvgIpc) is 3.17. The first-order valence-electron chi connectivity index (χ1n) is 16.8. The summed E-state index contributed by atoms with van der Waals surface area (Å²) in [7, 11) is -21.4. The molecule has 0 heterocycles. The van der Waals surface area contributed by atoms with Crippen LogP contribution < -0.4 is 141 Å². The Labute approximate surface area is 465 Å². The van der Waals surface area contributed by atoms with Crippen molar-refractivity contribution in [3.63, 3.8) is 0 Å². The van der Waals surface area contributed by atoms with Gasteiger partial charge in [0.25, 0.3) is 10.1 Å². The Hall–Kier alpha value is -3.04. The number of nitrogens with zero attached hydrogens (tertiary/aromatic N) is 6. The van der Waals surface area contributed by atoms with E-state index in [1.165, 1.54) is 36.4 Å². The molecule has 320 valence electrons. The maximum Gasteiger partial charge on any atom is 1.00 e. The Bertz CT molecular complexity index is 3420. The molecule has 6 aromatic carbocycles. The average molecular weight is 1010 g/mol. The van der Waals surface area contributed by atoms with Crippen LogP contribution in [0.25, 0.3) is 22.9 Å². The number of rotatable bonds is 12. The standard InChI is InChI=1S/C36H29N9O13S4.4Na/c37-21-10-13-28(27(38)14-21)43-41-23-11-8-19(30(15-23)59(47,48)49)6-7-20-9-12-24(16-31(20)60(50,51)52)42-44-29-17-26-25(33(39)36(29)62(56,57)58)18-32(61(53,54)55)34(35(26)46)45-40-22-4-2-1-3-5-22;;;;/h1-18,46H,37-39H2,(H,47,48,49)(H,50,51,52)(H,53,54,55)(H,56,57,58);;;;/q;4*+1/p-4/b7-6+,43-41?,44-42?,45-40?;;;;. The number of anilines is 3. The van der Waals surface area contributed by atoms with Gasteiger partial charge < -0.3 is 36.0 Å². The fraction of sp³-hybridized carbons (Fsp3) is 0. The topological polar surface area (TPSA) is 401 Å². The molecule has 0 saturated heterocycles. The molecule has 22 nitrogen and oxygen atoms in total. The van der Waals surface area contributed by atoms with Crippen LogP contribution in [0.4, 0.5) is 51.2 Å². The predicted molar refractivity (Wildman–Crippen MR) is 218 cm³/mol. The molecule has 30 heteroatoms. The molecule has 0 unspecified atom stereocenters.